The maximum Gasteiger partial charge on any atom is 0.202 e. The van der Waals surface area contributed by atoms with Gasteiger partial charge in [0.1, 0.15) is 0 Å². The van der Waals surface area contributed by atoms with E-state index < -0.39 is 0 Å². The summed E-state index contributed by atoms with van der Waals surface area (Å²) in [4.78, 5) is 8.38. The lowest BCUT2D eigenvalue weighted by atomic mass is 9.97. The van der Waals surface area contributed by atoms with Crippen LogP contribution in [0.1, 0.15) is 26.7 Å². The van der Waals surface area contributed by atoms with Crippen LogP contribution in [-0.2, 0) is 5.41 Å². The smallest absolute Gasteiger partial charge is 0.202 e. The number of hydrogen-bond acceptors (Lipinski definition) is 4. The average molecular weight is 191 g/mol. The Hall–Kier alpha value is -1.58. The molecule has 0 amide bonds. The number of oxazole rings is 1. The average Bonchev–Trinajstić information content (AvgIpc) is 2.45. The van der Waals surface area contributed by atoms with E-state index in [-0.39, 0.29) is 5.41 Å². The van der Waals surface area contributed by atoms with Gasteiger partial charge in [-0.1, -0.05) is 20.8 Å². The molecule has 0 saturated heterocycles. The highest BCUT2D eigenvalue weighted by Gasteiger charge is 2.21. The first-order valence-electron chi connectivity index (χ1n) is 4.49. The number of nitrogen functional groups attached to an aromatic ring is 1. The van der Waals surface area contributed by atoms with Crippen LogP contribution in [0.25, 0.3) is 11.2 Å². The molecule has 2 N–H and O–H groups in total. The van der Waals surface area contributed by atoms with E-state index in [1.54, 1.807) is 12.3 Å². The molecule has 0 fully saturated rings. The van der Waals surface area contributed by atoms with Gasteiger partial charge in [-0.25, -0.2) is 4.98 Å². The molecule has 0 unspecified atom stereocenters. The molecule has 2 aromatic heterocycles. The number of nitrogens with zero attached hydrogens (tertiary/aromatic N) is 2. The fourth-order valence-electron chi connectivity index (χ4n) is 1.16. The molecular weight excluding hydrogens is 178 g/mol. The molecule has 0 aliphatic rings. The molecule has 2 heterocycles. The van der Waals surface area contributed by atoms with Crippen molar-refractivity contribution in [2.75, 3.05) is 5.73 Å². The third kappa shape index (κ3) is 1.43. The molecule has 2 rings (SSSR count). The Bertz CT molecular complexity index is 468. The fraction of sp³-hybridized carbons (Fsp3) is 0.400. The number of pyridine rings is 1. The Morgan fingerprint density at radius 1 is 1.36 bits per heavy atom. The summed E-state index contributed by atoms with van der Waals surface area (Å²) < 4.78 is 5.56. The van der Waals surface area contributed by atoms with Crippen molar-refractivity contribution in [3.8, 4) is 0 Å². The summed E-state index contributed by atoms with van der Waals surface area (Å²) in [7, 11) is 0. The molecule has 0 saturated carbocycles. The predicted molar refractivity (Wildman–Crippen MR) is 54.9 cm³/mol. The summed E-state index contributed by atoms with van der Waals surface area (Å²) in [5, 5.41) is 0. The van der Waals surface area contributed by atoms with E-state index in [1.165, 1.54) is 0 Å². The first kappa shape index (κ1) is 8.99. The van der Waals surface area contributed by atoms with E-state index in [9.17, 15) is 0 Å². The molecule has 0 bridgehead atoms. The van der Waals surface area contributed by atoms with Gasteiger partial charge in [0.2, 0.25) is 5.89 Å². The summed E-state index contributed by atoms with van der Waals surface area (Å²) in [5.74, 6) is 0.686. The van der Waals surface area contributed by atoms with Crippen LogP contribution in [0.2, 0.25) is 0 Å². The Labute approximate surface area is 82.1 Å². The van der Waals surface area contributed by atoms with Crippen LogP contribution in [0.3, 0.4) is 0 Å². The summed E-state index contributed by atoms with van der Waals surface area (Å²) in [6, 6.07) is 1.74. The van der Waals surface area contributed by atoms with Crippen LogP contribution >= 0.6 is 0 Å². The number of anilines is 1. The second-order valence-electron chi connectivity index (χ2n) is 4.36. The van der Waals surface area contributed by atoms with E-state index in [0.717, 1.165) is 0 Å². The maximum absolute atomic E-state index is 5.59. The third-order valence-corrected chi connectivity index (χ3v) is 1.91. The Morgan fingerprint density at radius 3 is 2.71 bits per heavy atom. The van der Waals surface area contributed by atoms with Crippen molar-refractivity contribution in [2.45, 2.75) is 26.2 Å². The van der Waals surface area contributed by atoms with Crippen molar-refractivity contribution in [2.24, 2.45) is 0 Å². The number of fused-ring (bicyclic) bond motifs is 1. The second-order valence-corrected chi connectivity index (χ2v) is 4.36. The van der Waals surface area contributed by atoms with Crippen molar-refractivity contribution >= 4 is 16.9 Å². The Kier molecular flexibility index (Phi) is 1.74. The molecule has 0 spiro atoms. The summed E-state index contributed by atoms with van der Waals surface area (Å²) >= 11 is 0. The zero-order valence-corrected chi connectivity index (χ0v) is 8.53. The zero-order valence-electron chi connectivity index (χ0n) is 8.53. The van der Waals surface area contributed by atoms with E-state index in [0.29, 0.717) is 22.8 Å². The quantitative estimate of drug-likeness (QED) is 0.692. The SMILES string of the molecule is CC(C)(C)c1nc2ncc(N)cc2o1. The van der Waals surface area contributed by atoms with Gasteiger partial charge in [0.25, 0.3) is 0 Å². The highest BCUT2D eigenvalue weighted by molar-refractivity contribution is 5.71. The highest BCUT2D eigenvalue weighted by atomic mass is 16.3. The summed E-state index contributed by atoms with van der Waals surface area (Å²) in [6.07, 6.45) is 1.58. The lowest BCUT2D eigenvalue weighted by molar-refractivity contribution is 0.411. The molecule has 0 aliphatic carbocycles. The minimum absolute atomic E-state index is 0.102. The van der Waals surface area contributed by atoms with Crippen molar-refractivity contribution in [1.82, 2.24) is 9.97 Å². The summed E-state index contributed by atoms with van der Waals surface area (Å²) in [6.45, 7) is 6.13. The number of aromatic nitrogens is 2. The molecule has 2 aromatic rings. The van der Waals surface area contributed by atoms with Crippen molar-refractivity contribution in [1.29, 1.82) is 0 Å². The monoisotopic (exact) mass is 191 g/mol. The minimum atomic E-state index is -0.102. The molecular formula is C10H13N3O. The van der Waals surface area contributed by atoms with E-state index in [4.69, 9.17) is 10.2 Å². The number of nitrogens with two attached hydrogens (primary N) is 1. The standard InChI is InChI=1S/C10H13N3O/c1-10(2,3)9-13-8-7(14-9)4-6(11)5-12-8/h4-5H,11H2,1-3H3. The molecule has 0 aromatic carbocycles. The highest BCUT2D eigenvalue weighted by Crippen LogP contribution is 2.25. The third-order valence-electron chi connectivity index (χ3n) is 1.91. The molecule has 4 heteroatoms. The van der Waals surface area contributed by atoms with Gasteiger partial charge in [0.15, 0.2) is 11.2 Å². The van der Waals surface area contributed by atoms with Gasteiger partial charge in [-0.2, -0.15) is 4.98 Å². The van der Waals surface area contributed by atoms with Crippen molar-refractivity contribution in [3.63, 3.8) is 0 Å². The molecule has 0 radical (unpaired) electrons. The van der Waals surface area contributed by atoms with Gasteiger partial charge in [-0.05, 0) is 0 Å². The van der Waals surface area contributed by atoms with Gasteiger partial charge < -0.3 is 10.2 Å². The lowest BCUT2D eigenvalue weighted by Crippen LogP contribution is -2.11. The summed E-state index contributed by atoms with van der Waals surface area (Å²) in [5.41, 5.74) is 7.34. The van der Waals surface area contributed by atoms with E-state index in [1.807, 2.05) is 20.8 Å². The van der Waals surface area contributed by atoms with Crippen LogP contribution in [0, 0.1) is 0 Å². The molecule has 4 nitrogen and oxygen atoms in total. The fourth-order valence-corrected chi connectivity index (χ4v) is 1.16. The number of rotatable bonds is 0. The molecule has 0 aliphatic heterocycles. The zero-order chi connectivity index (χ0) is 10.3. The van der Waals surface area contributed by atoms with Gasteiger partial charge >= 0.3 is 0 Å². The van der Waals surface area contributed by atoms with Crippen molar-refractivity contribution in [3.05, 3.63) is 18.2 Å². The van der Waals surface area contributed by atoms with Crippen LogP contribution in [0.5, 0.6) is 0 Å². The Morgan fingerprint density at radius 2 is 2.07 bits per heavy atom. The predicted octanol–water partition coefficient (Wildman–Crippen LogP) is 2.10. The molecule has 0 atom stereocenters. The first-order chi connectivity index (χ1) is 6.47. The topological polar surface area (TPSA) is 64.9 Å². The minimum Gasteiger partial charge on any atom is -0.438 e. The second kappa shape index (κ2) is 2.70. The molecule has 14 heavy (non-hydrogen) atoms. The van der Waals surface area contributed by atoms with Crippen LogP contribution in [0.15, 0.2) is 16.7 Å². The van der Waals surface area contributed by atoms with Crippen molar-refractivity contribution < 1.29 is 4.42 Å². The first-order valence-corrected chi connectivity index (χ1v) is 4.49. The van der Waals surface area contributed by atoms with Crippen LogP contribution in [0.4, 0.5) is 5.69 Å². The van der Waals surface area contributed by atoms with Gasteiger partial charge in [0.05, 0.1) is 11.9 Å². The maximum atomic E-state index is 5.59. The normalized spacial score (nSPS) is 12.2. The van der Waals surface area contributed by atoms with Crippen LogP contribution < -0.4 is 5.73 Å². The van der Waals surface area contributed by atoms with Crippen LogP contribution in [-0.4, -0.2) is 9.97 Å². The molecule has 74 valence electrons. The largest absolute Gasteiger partial charge is 0.438 e. The van der Waals surface area contributed by atoms with Gasteiger partial charge in [0, 0.05) is 11.5 Å². The van der Waals surface area contributed by atoms with Gasteiger partial charge in [-0.15, -0.1) is 0 Å². The van der Waals surface area contributed by atoms with E-state index in [2.05, 4.69) is 9.97 Å². The lowest BCUT2D eigenvalue weighted by Gasteiger charge is -2.11. The van der Waals surface area contributed by atoms with Gasteiger partial charge in [-0.3, -0.25) is 0 Å². The Balaban J connectivity index is 2.63. The number of hydrogen-bond donors (Lipinski definition) is 1. The van der Waals surface area contributed by atoms with E-state index >= 15 is 0 Å².